The monoisotopic (exact) mass is 283 g/mol. The molecule has 0 amide bonds. The standard InChI is InChI=1S/C18H21NO2/c1-11-9-17(20-3)12(2)8-15(11)18(19)14-4-5-16-13(10-14)6-7-21-16/h4-5,8-10,18H,6-7,19H2,1-3H3. The molecule has 2 aromatic carbocycles. The van der Waals surface area contributed by atoms with Gasteiger partial charge in [0, 0.05) is 6.42 Å². The third kappa shape index (κ3) is 2.49. The van der Waals surface area contributed by atoms with Gasteiger partial charge in [0.25, 0.3) is 0 Å². The van der Waals surface area contributed by atoms with Crippen LogP contribution in [-0.4, -0.2) is 13.7 Å². The summed E-state index contributed by atoms with van der Waals surface area (Å²) < 4.78 is 10.9. The van der Waals surface area contributed by atoms with E-state index in [0.29, 0.717) is 0 Å². The lowest BCUT2D eigenvalue weighted by atomic mass is 9.92. The van der Waals surface area contributed by atoms with E-state index >= 15 is 0 Å². The zero-order chi connectivity index (χ0) is 15.0. The number of benzene rings is 2. The summed E-state index contributed by atoms with van der Waals surface area (Å²) in [6.45, 7) is 4.90. The van der Waals surface area contributed by atoms with E-state index < -0.39 is 0 Å². The van der Waals surface area contributed by atoms with Crippen molar-refractivity contribution >= 4 is 0 Å². The van der Waals surface area contributed by atoms with Crippen LogP contribution in [0.15, 0.2) is 30.3 Å². The van der Waals surface area contributed by atoms with Crippen molar-refractivity contribution in [2.75, 3.05) is 13.7 Å². The third-order valence-electron chi connectivity index (χ3n) is 4.19. The minimum atomic E-state index is -0.125. The molecule has 0 saturated heterocycles. The molecule has 1 unspecified atom stereocenters. The summed E-state index contributed by atoms with van der Waals surface area (Å²) in [5, 5.41) is 0. The van der Waals surface area contributed by atoms with E-state index in [4.69, 9.17) is 15.2 Å². The molecule has 3 heteroatoms. The summed E-state index contributed by atoms with van der Waals surface area (Å²) in [5.74, 6) is 1.90. The minimum absolute atomic E-state index is 0.125. The zero-order valence-electron chi connectivity index (χ0n) is 12.8. The Bertz CT molecular complexity index is 679. The highest BCUT2D eigenvalue weighted by Gasteiger charge is 2.18. The number of rotatable bonds is 3. The summed E-state index contributed by atoms with van der Waals surface area (Å²) >= 11 is 0. The van der Waals surface area contributed by atoms with Crippen LogP contribution in [0.1, 0.15) is 33.9 Å². The third-order valence-corrected chi connectivity index (χ3v) is 4.19. The average Bonchev–Trinajstić information content (AvgIpc) is 2.95. The van der Waals surface area contributed by atoms with Gasteiger partial charge in [-0.2, -0.15) is 0 Å². The molecule has 1 atom stereocenters. The van der Waals surface area contributed by atoms with Gasteiger partial charge in [-0.05, 0) is 53.8 Å². The Morgan fingerprint density at radius 2 is 1.95 bits per heavy atom. The van der Waals surface area contributed by atoms with E-state index in [1.807, 2.05) is 13.0 Å². The van der Waals surface area contributed by atoms with Crippen molar-refractivity contribution in [2.45, 2.75) is 26.3 Å². The van der Waals surface area contributed by atoms with Crippen molar-refractivity contribution in [2.24, 2.45) is 5.73 Å². The zero-order valence-corrected chi connectivity index (χ0v) is 12.8. The first-order valence-electron chi connectivity index (χ1n) is 7.26. The molecule has 0 radical (unpaired) electrons. The van der Waals surface area contributed by atoms with Crippen molar-refractivity contribution in [3.05, 3.63) is 58.1 Å². The Morgan fingerprint density at radius 3 is 2.71 bits per heavy atom. The topological polar surface area (TPSA) is 44.5 Å². The van der Waals surface area contributed by atoms with Gasteiger partial charge in [-0.3, -0.25) is 0 Å². The molecule has 2 aromatic rings. The second-order valence-electron chi connectivity index (χ2n) is 5.62. The highest BCUT2D eigenvalue weighted by Crippen LogP contribution is 2.32. The smallest absolute Gasteiger partial charge is 0.122 e. The summed E-state index contributed by atoms with van der Waals surface area (Å²) in [6, 6.07) is 10.3. The maximum absolute atomic E-state index is 6.49. The Kier molecular flexibility index (Phi) is 3.60. The first-order valence-corrected chi connectivity index (χ1v) is 7.26. The molecule has 110 valence electrons. The number of fused-ring (bicyclic) bond motifs is 1. The van der Waals surface area contributed by atoms with Crippen molar-refractivity contribution in [1.82, 2.24) is 0 Å². The van der Waals surface area contributed by atoms with Crippen LogP contribution in [0, 0.1) is 13.8 Å². The lowest BCUT2D eigenvalue weighted by molar-refractivity contribution is 0.357. The highest BCUT2D eigenvalue weighted by atomic mass is 16.5. The van der Waals surface area contributed by atoms with Gasteiger partial charge in [0.1, 0.15) is 11.5 Å². The van der Waals surface area contributed by atoms with Gasteiger partial charge in [-0.1, -0.05) is 18.2 Å². The first kappa shape index (κ1) is 14.0. The molecule has 0 aromatic heterocycles. The van der Waals surface area contributed by atoms with Gasteiger partial charge in [0.05, 0.1) is 19.8 Å². The number of hydrogen-bond acceptors (Lipinski definition) is 3. The average molecular weight is 283 g/mol. The number of hydrogen-bond donors (Lipinski definition) is 1. The lowest BCUT2D eigenvalue weighted by Crippen LogP contribution is -2.14. The fourth-order valence-corrected chi connectivity index (χ4v) is 2.95. The van der Waals surface area contributed by atoms with Crippen molar-refractivity contribution in [3.8, 4) is 11.5 Å². The van der Waals surface area contributed by atoms with Crippen LogP contribution in [0.2, 0.25) is 0 Å². The van der Waals surface area contributed by atoms with E-state index in [1.54, 1.807) is 7.11 Å². The summed E-state index contributed by atoms with van der Waals surface area (Å²) in [6.07, 6.45) is 0.969. The van der Waals surface area contributed by atoms with Gasteiger partial charge < -0.3 is 15.2 Å². The Morgan fingerprint density at radius 1 is 1.14 bits per heavy atom. The Hall–Kier alpha value is -2.00. The van der Waals surface area contributed by atoms with E-state index in [-0.39, 0.29) is 6.04 Å². The maximum Gasteiger partial charge on any atom is 0.122 e. The first-order chi connectivity index (χ1) is 10.1. The predicted molar refractivity (Wildman–Crippen MR) is 84.1 cm³/mol. The summed E-state index contributed by atoms with van der Waals surface area (Å²) in [7, 11) is 1.70. The van der Waals surface area contributed by atoms with E-state index in [0.717, 1.165) is 46.8 Å². The van der Waals surface area contributed by atoms with Gasteiger partial charge in [0.2, 0.25) is 0 Å². The summed E-state index contributed by atoms with van der Waals surface area (Å²) in [5.41, 5.74) is 12.3. The molecule has 21 heavy (non-hydrogen) atoms. The van der Waals surface area contributed by atoms with E-state index in [1.165, 1.54) is 5.56 Å². The second-order valence-corrected chi connectivity index (χ2v) is 5.62. The molecule has 3 rings (SSSR count). The number of methoxy groups -OCH3 is 1. The fraction of sp³-hybridized carbons (Fsp3) is 0.333. The van der Waals surface area contributed by atoms with Crippen molar-refractivity contribution in [1.29, 1.82) is 0 Å². The molecule has 3 nitrogen and oxygen atoms in total. The quantitative estimate of drug-likeness (QED) is 0.940. The van der Waals surface area contributed by atoms with Gasteiger partial charge in [-0.25, -0.2) is 0 Å². The van der Waals surface area contributed by atoms with Crippen LogP contribution in [0.4, 0.5) is 0 Å². The lowest BCUT2D eigenvalue weighted by Gasteiger charge is -2.18. The summed E-state index contributed by atoms with van der Waals surface area (Å²) in [4.78, 5) is 0. The van der Waals surface area contributed by atoms with Crippen LogP contribution in [0.5, 0.6) is 11.5 Å². The van der Waals surface area contributed by atoms with Crippen LogP contribution >= 0.6 is 0 Å². The van der Waals surface area contributed by atoms with Crippen LogP contribution in [0.25, 0.3) is 0 Å². The molecule has 0 fully saturated rings. The molecule has 2 N–H and O–H groups in total. The van der Waals surface area contributed by atoms with Gasteiger partial charge in [0.15, 0.2) is 0 Å². The minimum Gasteiger partial charge on any atom is -0.496 e. The van der Waals surface area contributed by atoms with Gasteiger partial charge in [-0.15, -0.1) is 0 Å². The SMILES string of the molecule is COc1cc(C)c(C(N)c2ccc3c(c2)CCO3)cc1C. The second kappa shape index (κ2) is 5.41. The largest absolute Gasteiger partial charge is 0.496 e. The molecular weight excluding hydrogens is 262 g/mol. The van der Waals surface area contributed by atoms with Crippen LogP contribution < -0.4 is 15.2 Å². The van der Waals surface area contributed by atoms with E-state index in [9.17, 15) is 0 Å². The van der Waals surface area contributed by atoms with E-state index in [2.05, 4.69) is 31.2 Å². The number of aryl methyl sites for hydroxylation is 2. The predicted octanol–water partition coefficient (Wildman–Crippen LogP) is 3.30. The fourth-order valence-electron chi connectivity index (χ4n) is 2.95. The van der Waals surface area contributed by atoms with Gasteiger partial charge >= 0.3 is 0 Å². The molecular formula is C18H21NO2. The molecule has 0 spiro atoms. The molecule has 1 aliphatic rings. The van der Waals surface area contributed by atoms with Crippen LogP contribution in [-0.2, 0) is 6.42 Å². The number of nitrogens with two attached hydrogens (primary N) is 1. The molecule has 1 aliphatic heterocycles. The van der Waals surface area contributed by atoms with Crippen LogP contribution in [0.3, 0.4) is 0 Å². The number of ether oxygens (including phenoxy) is 2. The van der Waals surface area contributed by atoms with Crippen molar-refractivity contribution in [3.63, 3.8) is 0 Å². The normalized spacial score (nSPS) is 14.5. The molecule has 0 aliphatic carbocycles. The Labute approximate surface area is 125 Å². The maximum atomic E-state index is 6.49. The molecule has 1 heterocycles. The highest BCUT2D eigenvalue weighted by molar-refractivity contribution is 5.48. The molecule has 0 bridgehead atoms. The molecule has 0 saturated carbocycles. The Balaban J connectivity index is 1.98. The van der Waals surface area contributed by atoms with Crippen molar-refractivity contribution < 1.29 is 9.47 Å².